The molecule has 0 radical (unpaired) electrons. The number of hydrogen-bond acceptors (Lipinski definition) is 1. The van der Waals surface area contributed by atoms with Gasteiger partial charge in [0.25, 0.3) is 0 Å². The Morgan fingerprint density at radius 3 is 2.35 bits per heavy atom. The lowest BCUT2D eigenvalue weighted by Gasteiger charge is -2.17. The molecule has 0 heterocycles. The minimum Gasteiger partial charge on any atom is -0.341 e. The highest BCUT2D eigenvalue weighted by molar-refractivity contribution is 6.18. The molecular weight excluding hydrogens is 234 g/mol. The average Bonchev–Trinajstić information content (AvgIpc) is 2.30. The Morgan fingerprint density at radius 1 is 1.29 bits per heavy atom. The molecule has 1 rings (SSSR count). The van der Waals surface area contributed by atoms with Crippen LogP contribution >= 0.6 is 11.6 Å². The summed E-state index contributed by atoms with van der Waals surface area (Å²) in [6.45, 7) is 4.99. The van der Waals surface area contributed by atoms with Gasteiger partial charge in [0.2, 0.25) is 5.91 Å². The first-order chi connectivity index (χ1) is 8.04. The molecule has 0 aromatic heterocycles. The van der Waals surface area contributed by atoms with E-state index in [2.05, 4.69) is 38.1 Å². The zero-order valence-corrected chi connectivity index (χ0v) is 11.5. The van der Waals surface area contributed by atoms with E-state index in [4.69, 9.17) is 11.6 Å². The van der Waals surface area contributed by atoms with Gasteiger partial charge < -0.3 is 4.90 Å². The predicted molar refractivity (Wildman–Crippen MR) is 72.3 cm³/mol. The van der Waals surface area contributed by atoms with E-state index in [0.717, 1.165) is 5.56 Å². The Hall–Kier alpha value is -1.02. The number of alkyl halides is 1. The van der Waals surface area contributed by atoms with Gasteiger partial charge in [-0.2, -0.15) is 0 Å². The third-order valence-corrected chi connectivity index (χ3v) is 2.99. The van der Waals surface area contributed by atoms with Gasteiger partial charge in [0.1, 0.15) is 0 Å². The number of carbonyl (C=O) groups excluding carboxylic acids is 1. The van der Waals surface area contributed by atoms with Gasteiger partial charge >= 0.3 is 0 Å². The van der Waals surface area contributed by atoms with E-state index in [0.29, 0.717) is 24.8 Å². The molecule has 1 aromatic rings. The fourth-order valence-corrected chi connectivity index (χ4v) is 1.80. The van der Waals surface area contributed by atoms with Crippen LogP contribution in [0.2, 0.25) is 0 Å². The molecule has 0 spiro atoms. The van der Waals surface area contributed by atoms with Crippen molar-refractivity contribution in [2.24, 2.45) is 0 Å². The zero-order valence-electron chi connectivity index (χ0n) is 10.7. The lowest BCUT2D eigenvalue weighted by molar-refractivity contribution is -0.129. The van der Waals surface area contributed by atoms with Crippen molar-refractivity contribution in [3.8, 4) is 0 Å². The summed E-state index contributed by atoms with van der Waals surface area (Å²) in [6, 6.07) is 8.42. The first kappa shape index (κ1) is 14.0. The molecule has 1 aromatic carbocycles. The molecule has 0 fully saturated rings. The standard InChI is InChI=1S/C14H20ClNO/c1-11(2)13-6-4-12(5-7-13)10-16(3)14(17)8-9-15/h4-7,11H,8-10H2,1-3H3. The molecule has 0 aliphatic rings. The van der Waals surface area contributed by atoms with Crippen molar-refractivity contribution in [3.05, 3.63) is 35.4 Å². The van der Waals surface area contributed by atoms with Gasteiger partial charge in [-0.25, -0.2) is 0 Å². The van der Waals surface area contributed by atoms with Crippen LogP contribution in [-0.2, 0) is 11.3 Å². The van der Waals surface area contributed by atoms with E-state index in [9.17, 15) is 4.79 Å². The minimum atomic E-state index is 0.0907. The summed E-state index contributed by atoms with van der Waals surface area (Å²) in [5.74, 6) is 1.02. The van der Waals surface area contributed by atoms with Crippen LogP contribution in [-0.4, -0.2) is 23.7 Å². The number of amides is 1. The average molecular weight is 254 g/mol. The van der Waals surface area contributed by atoms with Crippen LogP contribution in [0.25, 0.3) is 0 Å². The van der Waals surface area contributed by atoms with Gasteiger partial charge in [-0.1, -0.05) is 38.1 Å². The molecule has 17 heavy (non-hydrogen) atoms. The smallest absolute Gasteiger partial charge is 0.223 e. The molecular formula is C14H20ClNO. The van der Waals surface area contributed by atoms with Gasteiger partial charge in [0.05, 0.1) is 0 Å². The summed E-state index contributed by atoms with van der Waals surface area (Å²) in [5, 5.41) is 0. The van der Waals surface area contributed by atoms with E-state index in [1.54, 1.807) is 4.90 Å². The summed E-state index contributed by atoms with van der Waals surface area (Å²) < 4.78 is 0. The fourth-order valence-electron chi connectivity index (χ4n) is 1.64. The van der Waals surface area contributed by atoms with Gasteiger partial charge in [-0.05, 0) is 17.0 Å². The molecule has 3 heteroatoms. The maximum absolute atomic E-state index is 11.6. The molecule has 2 nitrogen and oxygen atoms in total. The Labute approximate surface area is 109 Å². The SMILES string of the molecule is CC(C)c1ccc(CN(C)C(=O)CCCl)cc1. The van der Waals surface area contributed by atoms with E-state index in [1.807, 2.05) is 7.05 Å². The second kappa shape index (κ2) is 6.65. The van der Waals surface area contributed by atoms with Crippen LogP contribution in [0.15, 0.2) is 24.3 Å². The molecule has 0 bridgehead atoms. The largest absolute Gasteiger partial charge is 0.341 e. The van der Waals surface area contributed by atoms with Crippen LogP contribution in [0.1, 0.15) is 37.3 Å². The molecule has 0 saturated carbocycles. The molecule has 0 saturated heterocycles. The third-order valence-electron chi connectivity index (χ3n) is 2.80. The van der Waals surface area contributed by atoms with E-state index in [1.165, 1.54) is 5.56 Å². The Morgan fingerprint density at radius 2 is 1.88 bits per heavy atom. The number of benzene rings is 1. The van der Waals surface area contributed by atoms with Crippen molar-refractivity contribution in [2.45, 2.75) is 32.7 Å². The van der Waals surface area contributed by atoms with Crippen LogP contribution in [0.5, 0.6) is 0 Å². The van der Waals surface area contributed by atoms with Crippen LogP contribution in [0, 0.1) is 0 Å². The van der Waals surface area contributed by atoms with Crippen molar-refractivity contribution in [2.75, 3.05) is 12.9 Å². The number of nitrogens with zero attached hydrogens (tertiary/aromatic N) is 1. The highest BCUT2D eigenvalue weighted by Gasteiger charge is 2.08. The second-order valence-corrected chi connectivity index (χ2v) is 4.96. The molecule has 94 valence electrons. The van der Waals surface area contributed by atoms with Gasteiger partial charge in [0, 0.05) is 25.9 Å². The van der Waals surface area contributed by atoms with Crippen molar-refractivity contribution < 1.29 is 4.79 Å². The van der Waals surface area contributed by atoms with Gasteiger partial charge in [-0.3, -0.25) is 4.79 Å². The molecule has 0 unspecified atom stereocenters. The summed E-state index contributed by atoms with van der Waals surface area (Å²) in [5.41, 5.74) is 2.48. The van der Waals surface area contributed by atoms with Crippen molar-refractivity contribution in [1.82, 2.24) is 4.90 Å². The number of hydrogen-bond donors (Lipinski definition) is 0. The number of halogens is 1. The van der Waals surface area contributed by atoms with Crippen LogP contribution < -0.4 is 0 Å². The molecule has 0 aliphatic carbocycles. The lowest BCUT2D eigenvalue weighted by atomic mass is 10.0. The monoisotopic (exact) mass is 253 g/mol. The highest BCUT2D eigenvalue weighted by Crippen LogP contribution is 2.15. The summed E-state index contributed by atoms with van der Waals surface area (Å²) in [4.78, 5) is 13.3. The minimum absolute atomic E-state index is 0.0907. The van der Waals surface area contributed by atoms with E-state index < -0.39 is 0 Å². The summed E-state index contributed by atoms with van der Waals surface area (Å²) in [6.07, 6.45) is 0.405. The first-order valence-electron chi connectivity index (χ1n) is 5.93. The second-order valence-electron chi connectivity index (χ2n) is 4.59. The molecule has 0 atom stereocenters. The van der Waals surface area contributed by atoms with Crippen molar-refractivity contribution in [3.63, 3.8) is 0 Å². The molecule has 0 N–H and O–H groups in total. The van der Waals surface area contributed by atoms with Crippen molar-refractivity contribution >= 4 is 17.5 Å². The summed E-state index contributed by atoms with van der Waals surface area (Å²) >= 11 is 5.55. The quantitative estimate of drug-likeness (QED) is 0.737. The Kier molecular flexibility index (Phi) is 5.49. The first-order valence-corrected chi connectivity index (χ1v) is 6.46. The predicted octanol–water partition coefficient (Wildman–Crippen LogP) is 3.40. The summed E-state index contributed by atoms with van der Waals surface area (Å²) in [7, 11) is 1.81. The zero-order chi connectivity index (χ0) is 12.8. The van der Waals surface area contributed by atoms with Crippen LogP contribution in [0.3, 0.4) is 0 Å². The lowest BCUT2D eigenvalue weighted by Crippen LogP contribution is -2.26. The topological polar surface area (TPSA) is 20.3 Å². The van der Waals surface area contributed by atoms with Crippen LogP contribution in [0.4, 0.5) is 0 Å². The molecule has 1 amide bonds. The molecule has 0 aliphatic heterocycles. The van der Waals surface area contributed by atoms with Crippen molar-refractivity contribution in [1.29, 1.82) is 0 Å². The normalized spacial score (nSPS) is 10.6. The third kappa shape index (κ3) is 4.39. The van der Waals surface area contributed by atoms with E-state index in [-0.39, 0.29) is 5.91 Å². The number of rotatable bonds is 5. The maximum atomic E-state index is 11.6. The van der Waals surface area contributed by atoms with E-state index >= 15 is 0 Å². The maximum Gasteiger partial charge on any atom is 0.223 e. The number of carbonyl (C=O) groups is 1. The highest BCUT2D eigenvalue weighted by atomic mass is 35.5. The van der Waals surface area contributed by atoms with Gasteiger partial charge in [0.15, 0.2) is 0 Å². The Balaban J connectivity index is 2.60. The van der Waals surface area contributed by atoms with Gasteiger partial charge in [-0.15, -0.1) is 11.6 Å². The Bertz CT molecular complexity index is 359. The fraction of sp³-hybridized carbons (Fsp3) is 0.500.